The molecule has 4 heteroatoms. The van der Waals surface area contributed by atoms with Crippen molar-refractivity contribution in [1.82, 2.24) is 10.3 Å². The monoisotopic (exact) mass is 360 g/mol. The third-order valence-electron chi connectivity index (χ3n) is 4.71. The van der Waals surface area contributed by atoms with E-state index in [4.69, 9.17) is 0 Å². The molecule has 0 saturated heterocycles. The molecule has 1 aromatic heterocycles. The summed E-state index contributed by atoms with van der Waals surface area (Å²) in [5.74, 6) is -0.168. The van der Waals surface area contributed by atoms with Gasteiger partial charge in [-0.25, -0.2) is 0 Å². The maximum absolute atomic E-state index is 12.6. The molecule has 3 aromatic rings. The molecule has 3 rings (SSSR count). The van der Waals surface area contributed by atoms with E-state index in [2.05, 4.69) is 22.4 Å². The summed E-state index contributed by atoms with van der Waals surface area (Å²) < 4.78 is 0. The Hall–Kier alpha value is -3.14. The zero-order valence-corrected chi connectivity index (χ0v) is 15.9. The molecule has 138 valence electrons. The van der Waals surface area contributed by atoms with Crippen LogP contribution in [0.4, 0.5) is 0 Å². The molecule has 0 atom stereocenters. The van der Waals surface area contributed by atoms with Crippen molar-refractivity contribution < 1.29 is 4.79 Å². The summed E-state index contributed by atoms with van der Waals surface area (Å²) in [4.78, 5) is 27.4. The van der Waals surface area contributed by atoms with Crippen molar-refractivity contribution >= 4 is 5.91 Å². The first-order chi connectivity index (χ1) is 12.9. The van der Waals surface area contributed by atoms with Gasteiger partial charge in [-0.1, -0.05) is 42.5 Å². The second-order valence-corrected chi connectivity index (χ2v) is 6.94. The minimum Gasteiger partial charge on any atom is -0.348 e. The van der Waals surface area contributed by atoms with Gasteiger partial charge in [0.15, 0.2) is 0 Å². The zero-order valence-electron chi connectivity index (χ0n) is 15.9. The van der Waals surface area contributed by atoms with Crippen LogP contribution in [0.1, 0.15) is 43.9 Å². The first-order valence-corrected chi connectivity index (χ1v) is 9.05. The number of nitrogens with one attached hydrogen (secondary N) is 2. The molecule has 0 bridgehead atoms. The number of hydrogen-bond donors (Lipinski definition) is 2. The molecule has 1 heterocycles. The Balaban J connectivity index is 1.71. The van der Waals surface area contributed by atoms with Gasteiger partial charge in [-0.2, -0.15) is 0 Å². The van der Waals surface area contributed by atoms with Gasteiger partial charge in [0.25, 0.3) is 11.5 Å². The average Bonchev–Trinajstić information content (AvgIpc) is 2.61. The Morgan fingerprint density at radius 2 is 1.67 bits per heavy atom. The molecule has 0 spiro atoms. The molecular formula is C23H24N2O2. The summed E-state index contributed by atoms with van der Waals surface area (Å²) in [6, 6.07) is 18.0. The minimum atomic E-state index is -0.168. The third kappa shape index (κ3) is 4.53. The number of amides is 1. The number of H-pyrrole nitrogens is 1. The van der Waals surface area contributed by atoms with Crippen LogP contribution in [-0.2, 0) is 13.0 Å². The lowest BCUT2D eigenvalue weighted by Crippen LogP contribution is -2.28. The molecule has 2 aromatic carbocycles. The number of aromatic nitrogens is 1. The molecule has 0 aliphatic rings. The second-order valence-electron chi connectivity index (χ2n) is 6.94. The van der Waals surface area contributed by atoms with E-state index in [0.29, 0.717) is 11.1 Å². The van der Waals surface area contributed by atoms with E-state index >= 15 is 0 Å². The van der Waals surface area contributed by atoms with Gasteiger partial charge in [-0.05, 0) is 61.6 Å². The highest BCUT2D eigenvalue weighted by atomic mass is 16.1. The van der Waals surface area contributed by atoms with Gasteiger partial charge in [0.05, 0.1) is 0 Å². The molecule has 27 heavy (non-hydrogen) atoms. The molecule has 0 unspecified atom stereocenters. The largest absolute Gasteiger partial charge is 0.348 e. The Labute approximate surface area is 159 Å². The molecule has 4 nitrogen and oxygen atoms in total. The SMILES string of the molecule is Cc1cc(C)c(CNC(=O)c2ccc(Cc3ccccc3)cc2C)c(=O)[nH]1. The van der Waals surface area contributed by atoms with Crippen LogP contribution in [0.15, 0.2) is 59.4 Å². The van der Waals surface area contributed by atoms with Crippen molar-refractivity contribution in [3.05, 3.63) is 104 Å². The Morgan fingerprint density at radius 3 is 2.33 bits per heavy atom. The number of aryl methyl sites for hydroxylation is 3. The van der Waals surface area contributed by atoms with Crippen LogP contribution in [-0.4, -0.2) is 10.9 Å². The van der Waals surface area contributed by atoms with Crippen molar-refractivity contribution in [2.75, 3.05) is 0 Å². The van der Waals surface area contributed by atoms with E-state index in [1.807, 2.05) is 63.2 Å². The van der Waals surface area contributed by atoms with Crippen LogP contribution in [0, 0.1) is 20.8 Å². The summed E-state index contributed by atoms with van der Waals surface area (Å²) >= 11 is 0. The summed E-state index contributed by atoms with van der Waals surface area (Å²) in [7, 11) is 0. The van der Waals surface area contributed by atoms with Crippen LogP contribution >= 0.6 is 0 Å². The summed E-state index contributed by atoms with van der Waals surface area (Å²) in [5, 5.41) is 2.87. The van der Waals surface area contributed by atoms with E-state index in [1.165, 1.54) is 11.1 Å². The van der Waals surface area contributed by atoms with Crippen LogP contribution in [0.2, 0.25) is 0 Å². The molecule has 1 amide bonds. The van der Waals surface area contributed by atoms with E-state index in [-0.39, 0.29) is 18.0 Å². The molecule has 0 saturated carbocycles. The number of carbonyl (C=O) groups is 1. The van der Waals surface area contributed by atoms with E-state index in [1.54, 1.807) is 0 Å². The lowest BCUT2D eigenvalue weighted by Gasteiger charge is -2.11. The highest BCUT2D eigenvalue weighted by Gasteiger charge is 2.12. The normalized spacial score (nSPS) is 10.6. The van der Waals surface area contributed by atoms with Gasteiger partial charge < -0.3 is 10.3 Å². The van der Waals surface area contributed by atoms with Gasteiger partial charge >= 0.3 is 0 Å². The average molecular weight is 360 g/mol. The van der Waals surface area contributed by atoms with E-state index in [0.717, 1.165) is 23.2 Å². The second kappa shape index (κ2) is 8.04. The number of rotatable bonds is 5. The summed E-state index contributed by atoms with van der Waals surface area (Å²) in [6.45, 7) is 5.88. The molecule has 0 fully saturated rings. The third-order valence-corrected chi connectivity index (χ3v) is 4.71. The number of carbonyl (C=O) groups excluding carboxylic acids is 1. The number of hydrogen-bond acceptors (Lipinski definition) is 2. The van der Waals surface area contributed by atoms with Gasteiger partial charge in [0.1, 0.15) is 0 Å². The van der Waals surface area contributed by atoms with Gasteiger partial charge in [0, 0.05) is 23.4 Å². The molecule has 0 aliphatic heterocycles. The molecular weight excluding hydrogens is 336 g/mol. The first-order valence-electron chi connectivity index (χ1n) is 9.05. The molecule has 0 radical (unpaired) electrons. The van der Waals surface area contributed by atoms with Crippen molar-refractivity contribution in [1.29, 1.82) is 0 Å². The fourth-order valence-corrected chi connectivity index (χ4v) is 3.29. The zero-order chi connectivity index (χ0) is 19.4. The van der Waals surface area contributed by atoms with E-state index < -0.39 is 0 Å². The smallest absolute Gasteiger partial charge is 0.253 e. The number of pyridine rings is 1. The van der Waals surface area contributed by atoms with Crippen LogP contribution in [0.5, 0.6) is 0 Å². The van der Waals surface area contributed by atoms with Crippen molar-refractivity contribution in [2.45, 2.75) is 33.7 Å². The molecule has 2 N–H and O–H groups in total. The van der Waals surface area contributed by atoms with E-state index in [9.17, 15) is 9.59 Å². The number of benzene rings is 2. The summed E-state index contributed by atoms with van der Waals surface area (Å²) in [6.07, 6.45) is 0.835. The van der Waals surface area contributed by atoms with Crippen molar-refractivity contribution in [2.24, 2.45) is 0 Å². The fourth-order valence-electron chi connectivity index (χ4n) is 3.29. The Morgan fingerprint density at radius 1 is 0.926 bits per heavy atom. The Kier molecular flexibility index (Phi) is 5.55. The standard InChI is InChI=1S/C23H24N2O2/c1-15-11-17(3)25-23(27)21(15)14-24-22(26)20-10-9-19(12-16(20)2)13-18-7-5-4-6-8-18/h4-12H,13-14H2,1-3H3,(H,24,26)(H,25,27). The van der Waals surface area contributed by atoms with Crippen molar-refractivity contribution in [3.8, 4) is 0 Å². The first kappa shape index (κ1) is 18.6. The lowest BCUT2D eigenvalue weighted by molar-refractivity contribution is 0.0950. The maximum Gasteiger partial charge on any atom is 0.253 e. The van der Waals surface area contributed by atoms with Gasteiger partial charge in [-0.15, -0.1) is 0 Å². The predicted octanol–water partition coefficient (Wildman–Crippen LogP) is 3.82. The van der Waals surface area contributed by atoms with Gasteiger partial charge in [-0.3, -0.25) is 9.59 Å². The highest BCUT2D eigenvalue weighted by molar-refractivity contribution is 5.95. The maximum atomic E-state index is 12.6. The Bertz CT molecular complexity index is 1020. The topological polar surface area (TPSA) is 62.0 Å². The summed E-state index contributed by atoms with van der Waals surface area (Å²) in [5.41, 5.74) is 6.10. The minimum absolute atomic E-state index is 0.150. The quantitative estimate of drug-likeness (QED) is 0.726. The predicted molar refractivity (Wildman–Crippen MR) is 108 cm³/mol. The van der Waals surface area contributed by atoms with Crippen molar-refractivity contribution in [3.63, 3.8) is 0 Å². The highest BCUT2D eigenvalue weighted by Crippen LogP contribution is 2.15. The van der Waals surface area contributed by atoms with Crippen LogP contribution < -0.4 is 10.9 Å². The molecule has 0 aliphatic carbocycles. The van der Waals surface area contributed by atoms with Gasteiger partial charge in [0.2, 0.25) is 0 Å². The number of aromatic amines is 1. The van der Waals surface area contributed by atoms with Crippen LogP contribution in [0.25, 0.3) is 0 Å². The lowest BCUT2D eigenvalue weighted by atomic mass is 9.99. The fraction of sp³-hybridized carbons (Fsp3) is 0.217. The van der Waals surface area contributed by atoms with Crippen LogP contribution in [0.3, 0.4) is 0 Å².